The molecule has 3 rings (SSSR count). The van der Waals surface area contributed by atoms with E-state index in [1.165, 1.54) is 35.6 Å². The summed E-state index contributed by atoms with van der Waals surface area (Å²) >= 11 is 1.22. The summed E-state index contributed by atoms with van der Waals surface area (Å²) in [5.74, 6) is -0.561. The van der Waals surface area contributed by atoms with E-state index in [-0.39, 0.29) is 18.1 Å². The van der Waals surface area contributed by atoms with Crippen molar-refractivity contribution in [2.45, 2.75) is 20.3 Å². The molecule has 0 saturated carbocycles. The van der Waals surface area contributed by atoms with E-state index in [1.54, 1.807) is 5.38 Å². The van der Waals surface area contributed by atoms with Gasteiger partial charge >= 0.3 is 6.03 Å². The number of carbonyl (C=O) groups is 2. The number of urea groups is 1. The number of nitrogens with zero attached hydrogens (tertiary/aromatic N) is 1. The van der Waals surface area contributed by atoms with E-state index in [0.717, 1.165) is 16.8 Å². The van der Waals surface area contributed by atoms with Crippen LogP contribution in [-0.2, 0) is 11.2 Å². The van der Waals surface area contributed by atoms with Crippen molar-refractivity contribution in [3.8, 4) is 0 Å². The smallest absolute Gasteiger partial charge is 0.325 e. The third-order valence-corrected chi connectivity index (χ3v) is 4.68. The van der Waals surface area contributed by atoms with Crippen molar-refractivity contribution in [1.29, 1.82) is 0 Å². The predicted octanol–water partition coefficient (Wildman–Crippen LogP) is 4.72. The highest BCUT2D eigenvalue weighted by atomic mass is 32.1. The molecule has 28 heavy (non-hydrogen) atoms. The zero-order chi connectivity index (χ0) is 20.1. The molecule has 0 bridgehead atoms. The Hall–Kier alpha value is -3.26. The van der Waals surface area contributed by atoms with Crippen LogP contribution in [0.3, 0.4) is 0 Å². The topological polar surface area (TPSA) is 83.1 Å². The van der Waals surface area contributed by atoms with E-state index in [0.29, 0.717) is 16.5 Å². The molecule has 3 amide bonds. The number of hydrogen-bond donors (Lipinski definition) is 3. The first-order valence-electron chi connectivity index (χ1n) is 8.54. The molecule has 0 aliphatic carbocycles. The number of thiazole rings is 1. The summed E-state index contributed by atoms with van der Waals surface area (Å²) in [6.45, 7) is 3.93. The molecular weight excluding hydrogens is 379 g/mol. The highest BCUT2D eigenvalue weighted by Gasteiger charge is 2.11. The second kappa shape index (κ2) is 8.62. The summed E-state index contributed by atoms with van der Waals surface area (Å²) in [4.78, 5) is 28.5. The molecule has 0 unspecified atom stereocenters. The zero-order valence-electron chi connectivity index (χ0n) is 15.4. The summed E-state index contributed by atoms with van der Waals surface area (Å²) < 4.78 is 12.9. The fourth-order valence-electron chi connectivity index (χ4n) is 2.55. The second-order valence-electron chi connectivity index (χ2n) is 6.27. The average molecular weight is 398 g/mol. The lowest BCUT2D eigenvalue weighted by Crippen LogP contribution is -2.19. The summed E-state index contributed by atoms with van der Waals surface area (Å²) in [5.41, 5.74) is 3.91. The van der Waals surface area contributed by atoms with Gasteiger partial charge in [-0.3, -0.25) is 10.1 Å². The first kappa shape index (κ1) is 19.5. The maximum atomic E-state index is 12.9. The van der Waals surface area contributed by atoms with Gasteiger partial charge < -0.3 is 10.6 Å². The molecule has 144 valence electrons. The molecule has 1 heterocycles. The number of aromatic nitrogens is 1. The summed E-state index contributed by atoms with van der Waals surface area (Å²) in [6, 6.07) is 10.7. The largest absolute Gasteiger partial charge is 0.326 e. The van der Waals surface area contributed by atoms with Crippen LogP contribution in [0, 0.1) is 19.7 Å². The minimum atomic E-state index is -0.493. The highest BCUT2D eigenvalue weighted by Crippen LogP contribution is 2.19. The SMILES string of the molecule is Cc1ccc(NC(=O)Cc2csc(NC(=O)Nc3ccc(F)cc3)n2)c(C)c1. The third kappa shape index (κ3) is 5.37. The van der Waals surface area contributed by atoms with Gasteiger partial charge in [0.05, 0.1) is 12.1 Å². The normalized spacial score (nSPS) is 10.4. The first-order chi connectivity index (χ1) is 13.4. The van der Waals surface area contributed by atoms with Crippen LogP contribution in [0.4, 0.5) is 25.7 Å². The Morgan fingerprint density at radius 2 is 1.79 bits per heavy atom. The molecule has 1 aromatic heterocycles. The zero-order valence-corrected chi connectivity index (χ0v) is 16.2. The maximum absolute atomic E-state index is 12.9. The minimum absolute atomic E-state index is 0.102. The molecule has 0 aliphatic rings. The lowest BCUT2D eigenvalue weighted by atomic mass is 10.1. The lowest BCUT2D eigenvalue weighted by Gasteiger charge is -2.08. The first-order valence-corrected chi connectivity index (χ1v) is 9.42. The molecule has 8 heteroatoms. The van der Waals surface area contributed by atoms with Gasteiger partial charge in [0.2, 0.25) is 5.91 Å². The van der Waals surface area contributed by atoms with Crippen LogP contribution in [0.5, 0.6) is 0 Å². The van der Waals surface area contributed by atoms with E-state index in [2.05, 4.69) is 20.9 Å². The van der Waals surface area contributed by atoms with Crippen molar-refractivity contribution in [2.24, 2.45) is 0 Å². The van der Waals surface area contributed by atoms with E-state index < -0.39 is 6.03 Å². The van der Waals surface area contributed by atoms with E-state index in [1.807, 2.05) is 32.0 Å². The Kier molecular flexibility index (Phi) is 6.00. The average Bonchev–Trinajstić information content (AvgIpc) is 3.06. The molecule has 6 nitrogen and oxygen atoms in total. The predicted molar refractivity (Wildman–Crippen MR) is 109 cm³/mol. The monoisotopic (exact) mass is 398 g/mol. The fourth-order valence-corrected chi connectivity index (χ4v) is 3.26. The van der Waals surface area contributed by atoms with Crippen molar-refractivity contribution in [3.63, 3.8) is 0 Å². The van der Waals surface area contributed by atoms with Crippen LogP contribution in [0.25, 0.3) is 0 Å². The number of hydrogen-bond acceptors (Lipinski definition) is 4. The number of halogens is 1. The van der Waals surface area contributed by atoms with Gasteiger partial charge in [-0.05, 0) is 49.7 Å². The Morgan fingerprint density at radius 3 is 2.50 bits per heavy atom. The highest BCUT2D eigenvalue weighted by molar-refractivity contribution is 7.14. The van der Waals surface area contributed by atoms with Crippen LogP contribution < -0.4 is 16.0 Å². The van der Waals surface area contributed by atoms with Gasteiger partial charge in [0.1, 0.15) is 5.82 Å². The van der Waals surface area contributed by atoms with Crippen LogP contribution in [-0.4, -0.2) is 16.9 Å². The summed E-state index contributed by atoms with van der Waals surface area (Å²) in [5, 5.41) is 10.1. The third-order valence-electron chi connectivity index (χ3n) is 3.87. The van der Waals surface area contributed by atoms with Crippen LogP contribution in [0.2, 0.25) is 0 Å². The standard InChI is InChI=1S/C20H19FN4O2S/c1-12-3-8-17(13(2)9-12)24-18(26)10-16-11-28-20(23-16)25-19(27)22-15-6-4-14(21)5-7-15/h3-9,11H,10H2,1-2H3,(H,24,26)(H2,22,23,25,27). The van der Waals surface area contributed by atoms with E-state index in [9.17, 15) is 14.0 Å². The van der Waals surface area contributed by atoms with Crippen molar-refractivity contribution >= 4 is 39.8 Å². The van der Waals surface area contributed by atoms with E-state index >= 15 is 0 Å². The van der Waals surface area contributed by atoms with Crippen molar-refractivity contribution in [2.75, 3.05) is 16.0 Å². The quantitative estimate of drug-likeness (QED) is 0.581. The number of aryl methyl sites for hydroxylation is 2. The Morgan fingerprint density at radius 1 is 1.04 bits per heavy atom. The molecule has 0 radical (unpaired) electrons. The lowest BCUT2D eigenvalue weighted by molar-refractivity contribution is -0.115. The van der Waals surface area contributed by atoms with Crippen LogP contribution in [0.1, 0.15) is 16.8 Å². The molecule has 0 atom stereocenters. The molecule has 3 N–H and O–H groups in total. The molecule has 2 aromatic carbocycles. The number of carbonyl (C=O) groups excluding carboxylic acids is 2. The van der Waals surface area contributed by atoms with Gasteiger partial charge in [0.25, 0.3) is 0 Å². The Labute approximate surface area is 165 Å². The number of rotatable bonds is 5. The Bertz CT molecular complexity index is 1000. The molecule has 3 aromatic rings. The number of anilines is 3. The van der Waals surface area contributed by atoms with Crippen LogP contribution in [0.15, 0.2) is 47.8 Å². The molecule has 0 spiro atoms. The molecule has 0 aliphatic heterocycles. The molecule has 0 saturated heterocycles. The van der Waals surface area contributed by atoms with Gasteiger partial charge in [0.15, 0.2) is 5.13 Å². The minimum Gasteiger partial charge on any atom is -0.326 e. The number of benzene rings is 2. The van der Waals surface area contributed by atoms with Gasteiger partial charge in [-0.15, -0.1) is 11.3 Å². The van der Waals surface area contributed by atoms with Crippen molar-refractivity contribution in [3.05, 3.63) is 70.5 Å². The van der Waals surface area contributed by atoms with Crippen molar-refractivity contribution < 1.29 is 14.0 Å². The van der Waals surface area contributed by atoms with Gasteiger partial charge in [-0.1, -0.05) is 17.7 Å². The molecule has 0 fully saturated rings. The van der Waals surface area contributed by atoms with Crippen molar-refractivity contribution in [1.82, 2.24) is 4.98 Å². The summed E-state index contributed by atoms with van der Waals surface area (Å²) in [7, 11) is 0. The van der Waals surface area contributed by atoms with E-state index in [4.69, 9.17) is 0 Å². The second-order valence-corrected chi connectivity index (χ2v) is 7.13. The van der Waals surface area contributed by atoms with Gasteiger partial charge in [-0.2, -0.15) is 0 Å². The fraction of sp³-hybridized carbons (Fsp3) is 0.150. The van der Waals surface area contributed by atoms with Gasteiger partial charge in [-0.25, -0.2) is 14.2 Å². The number of amides is 3. The molecular formula is C20H19FN4O2S. The maximum Gasteiger partial charge on any atom is 0.325 e. The van der Waals surface area contributed by atoms with Crippen LogP contribution >= 0.6 is 11.3 Å². The van der Waals surface area contributed by atoms with Gasteiger partial charge in [0, 0.05) is 16.8 Å². The number of nitrogens with one attached hydrogen (secondary N) is 3. The Balaban J connectivity index is 1.53. The summed E-state index contributed by atoms with van der Waals surface area (Å²) in [6.07, 6.45) is 0.102.